The van der Waals surface area contributed by atoms with E-state index in [2.05, 4.69) is 10.5 Å². The van der Waals surface area contributed by atoms with Gasteiger partial charge >= 0.3 is 0 Å². The minimum absolute atomic E-state index is 0.0807. The van der Waals surface area contributed by atoms with Crippen LogP contribution in [0.5, 0.6) is 5.75 Å². The lowest BCUT2D eigenvalue weighted by Crippen LogP contribution is -2.17. The molecule has 0 aliphatic carbocycles. The summed E-state index contributed by atoms with van der Waals surface area (Å²) >= 11 is 5.80. The highest BCUT2D eigenvalue weighted by Gasteiger charge is 2.11. The molecule has 0 fully saturated rings. The third-order valence-corrected chi connectivity index (χ3v) is 3.61. The standard InChI is InChI=1S/C18H13ClN2O2/c19-15-7-5-12(6-8-15)11-20-21-18(23)16-9-13-3-1-2-4-14(13)10-17(16)22/h1-11,22H,(H,21,23)/b20-11+. The van der Waals surface area contributed by atoms with Crippen LogP contribution in [0.1, 0.15) is 15.9 Å². The van der Waals surface area contributed by atoms with E-state index in [1.54, 1.807) is 36.4 Å². The van der Waals surface area contributed by atoms with E-state index in [0.717, 1.165) is 16.3 Å². The molecule has 0 saturated carbocycles. The third-order valence-electron chi connectivity index (χ3n) is 3.36. The number of nitrogens with zero attached hydrogens (tertiary/aromatic N) is 1. The predicted octanol–water partition coefficient (Wildman–Crippen LogP) is 3.96. The second-order valence-electron chi connectivity index (χ2n) is 4.97. The number of hydrogen-bond acceptors (Lipinski definition) is 3. The lowest BCUT2D eigenvalue weighted by Gasteiger charge is -2.05. The van der Waals surface area contributed by atoms with Crippen molar-refractivity contribution in [3.8, 4) is 5.75 Å². The van der Waals surface area contributed by atoms with Gasteiger partial charge in [0.15, 0.2) is 0 Å². The predicted molar refractivity (Wildman–Crippen MR) is 92.1 cm³/mol. The molecule has 0 radical (unpaired) electrons. The Kier molecular flexibility index (Phi) is 4.26. The number of carbonyl (C=O) groups is 1. The van der Waals surface area contributed by atoms with Crippen molar-refractivity contribution in [1.29, 1.82) is 0 Å². The van der Waals surface area contributed by atoms with Crippen LogP contribution in [0.4, 0.5) is 0 Å². The minimum Gasteiger partial charge on any atom is -0.507 e. The van der Waals surface area contributed by atoms with Crippen molar-refractivity contribution < 1.29 is 9.90 Å². The van der Waals surface area contributed by atoms with Crippen molar-refractivity contribution >= 4 is 34.5 Å². The highest BCUT2D eigenvalue weighted by Crippen LogP contribution is 2.24. The number of amides is 1. The Morgan fingerprint density at radius 1 is 1.04 bits per heavy atom. The topological polar surface area (TPSA) is 61.7 Å². The number of rotatable bonds is 3. The lowest BCUT2D eigenvalue weighted by molar-refractivity contribution is 0.0952. The van der Waals surface area contributed by atoms with Gasteiger partial charge in [-0.05, 0) is 40.6 Å². The largest absolute Gasteiger partial charge is 0.507 e. The van der Waals surface area contributed by atoms with Crippen LogP contribution in [0.3, 0.4) is 0 Å². The Balaban J connectivity index is 1.78. The Labute approximate surface area is 138 Å². The first-order valence-electron chi connectivity index (χ1n) is 6.94. The summed E-state index contributed by atoms with van der Waals surface area (Å²) in [6, 6.07) is 17.7. The molecule has 0 spiro atoms. The molecule has 2 N–H and O–H groups in total. The Bertz CT molecular complexity index is 889. The molecule has 114 valence electrons. The molecule has 23 heavy (non-hydrogen) atoms. The SMILES string of the molecule is O=C(N/N=C/c1ccc(Cl)cc1)c1cc2ccccc2cc1O. The van der Waals surface area contributed by atoms with Crippen molar-refractivity contribution in [2.24, 2.45) is 5.10 Å². The molecule has 5 heteroatoms. The van der Waals surface area contributed by atoms with Gasteiger partial charge in [0.2, 0.25) is 0 Å². The molecule has 0 aromatic heterocycles. The lowest BCUT2D eigenvalue weighted by atomic mass is 10.1. The van der Waals surface area contributed by atoms with Crippen LogP contribution in [-0.4, -0.2) is 17.2 Å². The smallest absolute Gasteiger partial charge is 0.275 e. The van der Waals surface area contributed by atoms with Crippen LogP contribution in [0, 0.1) is 0 Å². The number of hydrazone groups is 1. The van der Waals surface area contributed by atoms with Crippen LogP contribution in [0.25, 0.3) is 10.8 Å². The normalized spacial score (nSPS) is 11.0. The molecule has 4 nitrogen and oxygen atoms in total. The number of hydrogen-bond donors (Lipinski definition) is 2. The first kappa shape index (κ1) is 15.1. The monoisotopic (exact) mass is 324 g/mol. The summed E-state index contributed by atoms with van der Waals surface area (Å²) in [5.41, 5.74) is 3.39. The van der Waals surface area contributed by atoms with Crippen molar-refractivity contribution in [1.82, 2.24) is 5.43 Å². The molecule has 3 rings (SSSR count). The molecule has 1 amide bonds. The van der Waals surface area contributed by atoms with Gasteiger partial charge in [0.1, 0.15) is 5.75 Å². The van der Waals surface area contributed by atoms with Crippen molar-refractivity contribution in [3.05, 3.63) is 76.8 Å². The maximum Gasteiger partial charge on any atom is 0.275 e. The molecule has 0 aliphatic heterocycles. The van der Waals surface area contributed by atoms with E-state index in [4.69, 9.17) is 11.6 Å². The van der Waals surface area contributed by atoms with Gasteiger partial charge in [-0.15, -0.1) is 0 Å². The van der Waals surface area contributed by atoms with E-state index >= 15 is 0 Å². The fourth-order valence-corrected chi connectivity index (χ4v) is 2.31. The van der Waals surface area contributed by atoms with Gasteiger partial charge in [-0.3, -0.25) is 4.79 Å². The summed E-state index contributed by atoms with van der Waals surface area (Å²) in [5, 5.41) is 16.3. The molecular formula is C18H13ClN2O2. The molecule has 0 heterocycles. The van der Waals surface area contributed by atoms with Crippen LogP contribution in [0.15, 0.2) is 65.8 Å². The van der Waals surface area contributed by atoms with Crippen molar-refractivity contribution in [2.45, 2.75) is 0 Å². The average molecular weight is 325 g/mol. The number of benzene rings is 3. The molecular weight excluding hydrogens is 312 g/mol. The van der Waals surface area contributed by atoms with Gasteiger partial charge in [-0.2, -0.15) is 5.10 Å². The molecule has 0 atom stereocenters. The molecule has 0 unspecified atom stereocenters. The van der Waals surface area contributed by atoms with Gasteiger partial charge in [0.05, 0.1) is 11.8 Å². The van der Waals surface area contributed by atoms with Crippen LogP contribution >= 0.6 is 11.6 Å². The average Bonchev–Trinajstić information content (AvgIpc) is 2.56. The molecule has 3 aromatic carbocycles. The van der Waals surface area contributed by atoms with Crippen LogP contribution in [0.2, 0.25) is 5.02 Å². The molecule has 0 saturated heterocycles. The summed E-state index contributed by atoms with van der Waals surface area (Å²) in [5.74, 6) is -0.554. The van der Waals surface area contributed by atoms with Crippen molar-refractivity contribution in [3.63, 3.8) is 0 Å². The zero-order valence-electron chi connectivity index (χ0n) is 12.0. The van der Waals surface area contributed by atoms with E-state index in [0.29, 0.717) is 5.02 Å². The summed E-state index contributed by atoms with van der Waals surface area (Å²) in [7, 11) is 0. The first-order valence-corrected chi connectivity index (χ1v) is 7.32. The summed E-state index contributed by atoms with van der Waals surface area (Å²) in [6.07, 6.45) is 1.51. The second-order valence-corrected chi connectivity index (χ2v) is 5.40. The Hall–Kier alpha value is -2.85. The zero-order chi connectivity index (χ0) is 16.2. The van der Waals surface area contributed by atoms with Gasteiger partial charge < -0.3 is 5.11 Å². The van der Waals surface area contributed by atoms with Gasteiger partial charge in [-0.1, -0.05) is 48.0 Å². The van der Waals surface area contributed by atoms with Crippen LogP contribution in [-0.2, 0) is 0 Å². The number of aromatic hydroxyl groups is 1. The number of carbonyl (C=O) groups excluding carboxylic acids is 1. The summed E-state index contributed by atoms with van der Waals surface area (Å²) in [6.45, 7) is 0. The van der Waals surface area contributed by atoms with E-state index in [1.165, 1.54) is 6.21 Å². The van der Waals surface area contributed by atoms with Gasteiger partial charge in [-0.25, -0.2) is 5.43 Å². The van der Waals surface area contributed by atoms with E-state index < -0.39 is 5.91 Å². The number of phenols is 1. The number of nitrogens with one attached hydrogen (secondary N) is 1. The zero-order valence-corrected chi connectivity index (χ0v) is 12.8. The fourth-order valence-electron chi connectivity index (χ4n) is 2.18. The second kappa shape index (κ2) is 6.50. The summed E-state index contributed by atoms with van der Waals surface area (Å²) < 4.78 is 0. The highest BCUT2D eigenvalue weighted by molar-refractivity contribution is 6.30. The van der Waals surface area contributed by atoms with Crippen molar-refractivity contribution in [2.75, 3.05) is 0 Å². The summed E-state index contributed by atoms with van der Waals surface area (Å²) in [4.78, 5) is 12.1. The molecule has 0 aliphatic rings. The first-order chi connectivity index (χ1) is 11.1. The number of phenolic OH excluding ortho intramolecular Hbond substituents is 1. The quantitative estimate of drug-likeness (QED) is 0.566. The van der Waals surface area contributed by atoms with Gasteiger partial charge in [0, 0.05) is 5.02 Å². The maximum absolute atomic E-state index is 12.1. The molecule has 3 aromatic rings. The van der Waals surface area contributed by atoms with E-state index in [1.807, 2.05) is 24.3 Å². The third kappa shape index (κ3) is 3.49. The Morgan fingerprint density at radius 2 is 1.70 bits per heavy atom. The fraction of sp³-hybridized carbons (Fsp3) is 0. The number of halogens is 1. The Morgan fingerprint density at radius 3 is 2.39 bits per heavy atom. The van der Waals surface area contributed by atoms with E-state index in [9.17, 15) is 9.90 Å². The van der Waals surface area contributed by atoms with Crippen LogP contribution < -0.4 is 5.43 Å². The number of fused-ring (bicyclic) bond motifs is 1. The molecule has 0 bridgehead atoms. The van der Waals surface area contributed by atoms with E-state index in [-0.39, 0.29) is 11.3 Å². The highest BCUT2D eigenvalue weighted by atomic mass is 35.5. The maximum atomic E-state index is 12.1. The van der Waals surface area contributed by atoms with Gasteiger partial charge in [0.25, 0.3) is 5.91 Å². The minimum atomic E-state index is -0.474.